The standard InChI is InChI=1S/C21H28FN5O6S/c1-3-8-27-18(23)17(19(28)24-21(27)30)26(11-12-33-2)20(29)14-6-7-15(22)16(13-14)34(31,32)25-9-4-5-10-25/h6-7,13H,3-5,8-12,23H2,1-2H3,(H,24,28,30). The van der Waals surface area contributed by atoms with Crippen molar-refractivity contribution in [1.82, 2.24) is 13.9 Å². The molecule has 1 saturated heterocycles. The summed E-state index contributed by atoms with van der Waals surface area (Å²) in [5.74, 6) is -2.00. The molecule has 0 saturated carbocycles. The number of ether oxygens (including phenoxy) is 1. The topological polar surface area (TPSA) is 148 Å². The normalized spacial score (nSPS) is 14.4. The number of aromatic amines is 1. The highest BCUT2D eigenvalue weighted by atomic mass is 32.2. The maximum atomic E-state index is 14.6. The van der Waals surface area contributed by atoms with Gasteiger partial charge in [0.2, 0.25) is 10.0 Å². The molecule has 2 heterocycles. The number of nitrogens with one attached hydrogen (secondary N) is 1. The summed E-state index contributed by atoms with van der Waals surface area (Å²) in [4.78, 5) is 40.9. The van der Waals surface area contributed by atoms with Crippen LogP contribution in [0, 0.1) is 5.82 Å². The van der Waals surface area contributed by atoms with Gasteiger partial charge in [0.25, 0.3) is 11.5 Å². The maximum Gasteiger partial charge on any atom is 0.330 e. The number of carbonyl (C=O) groups is 1. The summed E-state index contributed by atoms with van der Waals surface area (Å²) in [5.41, 5.74) is 4.07. The highest BCUT2D eigenvalue weighted by Gasteiger charge is 2.32. The highest BCUT2D eigenvalue weighted by molar-refractivity contribution is 7.89. The van der Waals surface area contributed by atoms with Crippen LogP contribution in [0.3, 0.4) is 0 Å². The molecule has 3 N–H and O–H groups in total. The zero-order valence-electron chi connectivity index (χ0n) is 19.0. The van der Waals surface area contributed by atoms with E-state index in [1.807, 2.05) is 6.92 Å². The first kappa shape index (κ1) is 25.6. The summed E-state index contributed by atoms with van der Waals surface area (Å²) in [6.07, 6.45) is 1.87. The number of rotatable bonds is 9. The Labute approximate surface area is 196 Å². The molecule has 34 heavy (non-hydrogen) atoms. The van der Waals surface area contributed by atoms with Gasteiger partial charge in [-0.15, -0.1) is 0 Å². The van der Waals surface area contributed by atoms with Crippen molar-refractivity contribution in [3.8, 4) is 0 Å². The van der Waals surface area contributed by atoms with E-state index in [-0.39, 0.29) is 49.9 Å². The second-order valence-corrected chi connectivity index (χ2v) is 9.76. The Kier molecular flexibility index (Phi) is 7.89. The van der Waals surface area contributed by atoms with Crippen molar-refractivity contribution in [2.45, 2.75) is 37.6 Å². The third kappa shape index (κ3) is 4.91. The zero-order chi connectivity index (χ0) is 25.0. The van der Waals surface area contributed by atoms with Crippen LogP contribution < -0.4 is 21.9 Å². The number of hydrogen-bond donors (Lipinski definition) is 2. The molecule has 1 aliphatic rings. The van der Waals surface area contributed by atoms with Crippen LogP contribution in [0.15, 0.2) is 32.7 Å². The molecular weight excluding hydrogens is 469 g/mol. The first-order valence-corrected chi connectivity index (χ1v) is 12.3. The van der Waals surface area contributed by atoms with Gasteiger partial charge < -0.3 is 10.5 Å². The summed E-state index contributed by atoms with van der Waals surface area (Å²) in [7, 11) is -2.75. The lowest BCUT2D eigenvalue weighted by Gasteiger charge is -2.24. The van der Waals surface area contributed by atoms with Gasteiger partial charge in [-0.25, -0.2) is 17.6 Å². The summed E-state index contributed by atoms with van der Waals surface area (Å²) in [5, 5.41) is 0. The second kappa shape index (κ2) is 10.5. The second-order valence-electron chi connectivity index (χ2n) is 7.85. The van der Waals surface area contributed by atoms with E-state index in [0.717, 1.165) is 27.7 Å². The van der Waals surface area contributed by atoms with E-state index in [0.29, 0.717) is 19.3 Å². The minimum absolute atomic E-state index is 0.0116. The van der Waals surface area contributed by atoms with Gasteiger partial charge in [0.15, 0.2) is 5.69 Å². The van der Waals surface area contributed by atoms with Gasteiger partial charge in [0, 0.05) is 38.9 Å². The molecule has 13 heteroatoms. The monoisotopic (exact) mass is 497 g/mol. The van der Waals surface area contributed by atoms with Crippen LogP contribution in [0.5, 0.6) is 0 Å². The molecule has 2 aromatic rings. The Morgan fingerprint density at radius 1 is 1.26 bits per heavy atom. The minimum Gasteiger partial charge on any atom is -0.383 e. The van der Waals surface area contributed by atoms with Gasteiger partial charge in [-0.1, -0.05) is 6.92 Å². The molecule has 0 radical (unpaired) electrons. The van der Waals surface area contributed by atoms with Crippen LogP contribution in [0.25, 0.3) is 0 Å². The van der Waals surface area contributed by atoms with E-state index in [1.54, 1.807) is 0 Å². The predicted molar refractivity (Wildman–Crippen MR) is 124 cm³/mol. The van der Waals surface area contributed by atoms with Gasteiger partial charge in [-0.2, -0.15) is 4.31 Å². The van der Waals surface area contributed by atoms with Gasteiger partial charge in [-0.3, -0.25) is 24.0 Å². The molecule has 0 atom stereocenters. The lowest BCUT2D eigenvalue weighted by molar-refractivity contribution is 0.0975. The number of nitrogen functional groups attached to an aromatic ring is 1. The molecule has 186 valence electrons. The van der Waals surface area contributed by atoms with Crippen LogP contribution in [0.4, 0.5) is 15.9 Å². The van der Waals surface area contributed by atoms with Crippen molar-refractivity contribution in [2.75, 3.05) is 44.0 Å². The Morgan fingerprint density at radius 3 is 2.56 bits per heavy atom. The van der Waals surface area contributed by atoms with Crippen molar-refractivity contribution >= 4 is 27.4 Å². The van der Waals surface area contributed by atoms with Crippen molar-refractivity contribution < 1.29 is 22.3 Å². The number of nitrogens with zero attached hydrogens (tertiary/aromatic N) is 3. The summed E-state index contributed by atoms with van der Waals surface area (Å²) in [6, 6.07) is 2.99. The summed E-state index contributed by atoms with van der Waals surface area (Å²) < 4.78 is 47.8. The van der Waals surface area contributed by atoms with Crippen LogP contribution in [-0.4, -0.2) is 61.5 Å². The first-order valence-electron chi connectivity index (χ1n) is 10.9. The number of carbonyl (C=O) groups excluding carboxylic acids is 1. The van der Waals surface area contributed by atoms with Crippen LogP contribution >= 0.6 is 0 Å². The van der Waals surface area contributed by atoms with Crippen LogP contribution in [-0.2, 0) is 21.3 Å². The third-order valence-corrected chi connectivity index (χ3v) is 7.47. The molecule has 1 amide bonds. The Balaban J connectivity index is 2.11. The van der Waals surface area contributed by atoms with Gasteiger partial charge in [0.1, 0.15) is 16.5 Å². The average molecular weight is 498 g/mol. The quantitative estimate of drug-likeness (QED) is 0.519. The minimum atomic E-state index is -4.14. The largest absolute Gasteiger partial charge is 0.383 e. The van der Waals surface area contributed by atoms with Gasteiger partial charge in [0.05, 0.1) is 6.61 Å². The smallest absolute Gasteiger partial charge is 0.330 e. The molecular formula is C21H28FN5O6S. The lowest BCUT2D eigenvalue weighted by Crippen LogP contribution is -2.42. The number of methoxy groups -OCH3 is 1. The number of nitrogens with two attached hydrogens (primary N) is 1. The van der Waals surface area contributed by atoms with Crippen molar-refractivity contribution in [3.63, 3.8) is 0 Å². The number of hydrogen-bond acceptors (Lipinski definition) is 7. The van der Waals surface area contributed by atoms with E-state index >= 15 is 0 Å². The predicted octanol–water partition coefficient (Wildman–Crippen LogP) is 0.746. The maximum absolute atomic E-state index is 14.6. The molecule has 1 aromatic carbocycles. The Morgan fingerprint density at radius 2 is 1.94 bits per heavy atom. The number of anilines is 2. The van der Waals surface area contributed by atoms with E-state index in [4.69, 9.17) is 10.5 Å². The molecule has 11 nitrogen and oxygen atoms in total. The molecule has 0 unspecified atom stereocenters. The van der Waals surface area contributed by atoms with Crippen LogP contribution in [0.2, 0.25) is 0 Å². The summed E-state index contributed by atoms with van der Waals surface area (Å²) >= 11 is 0. The Bertz CT molecular complexity index is 1280. The fourth-order valence-electron chi connectivity index (χ4n) is 3.84. The zero-order valence-corrected chi connectivity index (χ0v) is 19.9. The molecule has 1 aromatic heterocycles. The average Bonchev–Trinajstić information content (AvgIpc) is 3.34. The van der Waals surface area contributed by atoms with Crippen molar-refractivity contribution in [2.24, 2.45) is 0 Å². The van der Waals surface area contributed by atoms with Crippen molar-refractivity contribution in [3.05, 3.63) is 50.4 Å². The fraction of sp³-hybridized carbons (Fsp3) is 0.476. The van der Waals surface area contributed by atoms with Gasteiger partial charge in [-0.05, 0) is 37.5 Å². The van der Waals surface area contributed by atoms with Crippen LogP contribution in [0.1, 0.15) is 36.5 Å². The molecule has 1 aliphatic heterocycles. The number of halogens is 1. The first-order chi connectivity index (χ1) is 16.1. The number of benzene rings is 1. The molecule has 0 aliphatic carbocycles. The number of amides is 1. The van der Waals surface area contributed by atoms with Crippen molar-refractivity contribution in [1.29, 1.82) is 0 Å². The molecule has 1 fully saturated rings. The number of aromatic nitrogens is 2. The number of H-pyrrole nitrogens is 1. The van der Waals surface area contributed by atoms with Gasteiger partial charge >= 0.3 is 5.69 Å². The highest BCUT2D eigenvalue weighted by Crippen LogP contribution is 2.26. The van der Waals surface area contributed by atoms with E-state index in [1.165, 1.54) is 11.4 Å². The van der Waals surface area contributed by atoms with E-state index < -0.39 is 37.9 Å². The SMILES string of the molecule is CCCn1c(N)c(N(CCOC)C(=O)c2ccc(F)c(S(=O)(=O)N3CCCC3)c2)c(=O)[nH]c1=O. The number of sulfonamides is 1. The van der Waals surface area contributed by atoms with E-state index in [2.05, 4.69) is 4.98 Å². The Hall–Kier alpha value is -3.03. The summed E-state index contributed by atoms with van der Waals surface area (Å²) in [6.45, 7) is 2.44. The lowest BCUT2D eigenvalue weighted by atomic mass is 10.2. The third-order valence-electron chi connectivity index (χ3n) is 5.56. The molecule has 3 rings (SSSR count). The fourth-order valence-corrected chi connectivity index (χ4v) is 5.45. The molecule has 0 spiro atoms. The van der Waals surface area contributed by atoms with E-state index in [9.17, 15) is 27.2 Å². The molecule has 0 bridgehead atoms.